The number of rotatable bonds is 15. The van der Waals surface area contributed by atoms with E-state index in [2.05, 4.69) is 17.6 Å². The standard InChI is InChI=1S/C33H49N3O6/c1-7-9-10-11-21-36(29(25-15-19-27(38)20-16-25)30(39)34-23(3)12-8-2)31(40)28(35-32(41)42-33(4,5)6)22-24-13-17-26(37)18-14-24/h13-20,23,28-29,37-38H,7-12,21-22H2,1-6H3,(H,34,39)(H,35,41). The van der Waals surface area contributed by atoms with Gasteiger partial charge in [-0.15, -0.1) is 0 Å². The number of aromatic hydroxyl groups is 2. The minimum absolute atomic E-state index is 0.0508. The summed E-state index contributed by atoms with van der Waals surface area (Å²) in [4.78, 5) is 42.8. The summed E-state index contributed by atoms with van der Waals surface area (Å²) in [5.74, 6) is -0.618. The Morgan fingerprint density at radius 1 is 0.857 bits per heavy atom. The number of carbonyl (C=O) groups excluding carboxylic acids is 3. The summed E-state index contributed by atoms with van der Waals surface area (Å²) in [5.41, 5.74) is 0.494. The summed E-state index contributed by atoms with van der Waals surface area (Å²) in [6.07, 6.45) is 4.59. The number of amides is 3. The van der Waals surface area contributed by atoms with E-state index in [1.807, 2.05) is 13.8 Å². The minimum atomic E-state index is -1.05. The Morgan fingerprint density at radius 2 is 1.45 bits per heavy atom. The van der Waals surface area contributed by atoms with Crippen molar-refractivity contribution in [2.45, 2.75) is 110 Å². The van der Waals surface area contributed by atoms with Gasteiger partial charge in [0, 0.05) is 19.0 Å². The fourth-order valence-electron chi connectivity index (χ4n) is 4.75. The quantitative estimate of drug-likeness (QED) is 0.191. The van der Waals surface area contributed by atoms with E-state index in [4.69, 9.17) is 4.74 Å². The first-order valence-electron chi connectivity index (χ1n) is 15.0. The van der Waals surface area contributed by atoms with Crippen LogP contribution in [0.1, 0.15) is 97.2 Å². The third-order valence-electron chi connectivity index (χ3n) is 6.78. The Bertz CT molecular complexity index is 1130. The fraction of sp³-hybridized carbons (Fsp3) is 0.545. The number of hydrogen-bond donors (Lipinski definition) is 4. The second-order valence-electron chi connectivity index (χ2n) is 11.9. The lowest BCUT2D eigenvalue weighted by atomic mass is 9.99. The molecule has 0 saturated carbocycles. The molecule has 3 atom stereocenters. The molecule has 42 heavy (non-hydrogen) atoms. The van der Waals surface area contributed by atoms with Crippen molar-refractivity contribution >= 4 is 17.9 Å². The van der Waals surface area contributed by atoms with Crippen molar-refractivity contribution in [3.8, 4) is 11.5 Å². The van der Waals surface area contributed by atoms with Crippen LogP contribution >= 0.6 is 0 Å². The van der Waals surface area contributed by atoms with Crippen LogP contribution in [-0.2, 0) is 20.7 Å². The highest BCUT2D eigenvalue weighted by atomic mass is 16.6. The van der Waals surface area contributed by atoms with Gasteiger partial charge in [0.1, 0.15) is 29.2 Å². The van der Waals surface area contributed by atoms with Crippen molar-refractivity contribution in [2.24, 2.45) is 0 Å². The zero-order valence-electron chi connectivity index (χ0n) is 26.0. The van der Waals surface area contributed by atoms with Crippen LogP contribution in [0.3, 0.4) is 0 Å². The predicted octanol–water partition coefficient (Wildman–Crippen LogP) is 5.99. The molecule has 0 aliphatic carbocycles. The summed E-state index contributed by atoms with van der Waals surface area (Å²) in [7, 11) is 0. The highest BCUT2D eigenvalue weighted by molar-refractivity contribution is 5.92. The normalized spacial score (nSPS) is 13.5. The van der Waals surface area contributed by atoms with Gasteiger partial charge in [-0.1, -0.05) is 63.8 Å². The number of benzene rings is 2. The van der Waals surface area contributed by atoms with E-state index in [9.17, 15) is 24.6 Å². The predicted molar refractivity (Wildman–Crippen MR) is 164 cm³/mol. The number of nitrogens with zero attached hydrogens (tertiary/aromatic N) is 1. The van der Waals surface area contributed by atoms with Gasteiger partial charge in [-0.2, -0.15) is 0 Å². The molecule has 2 rings (SSSR count). The van der Waals surface area contributed by atoms with Crippen molar-refractivity contribution in [1.82, 2.24) is 15.5 Å². The molecule has 232 valence electrons. The van der Waals surface area contributed by atoms with Crippen LogP contribution in [0.25, 0.3) is 0 Å². The lowest BCUT2D eigenvalue weighted by Gasteiger charge is -2.35. The van der Waals surface area contributed by atoms with E-state index in [1.54, 1.807) is 49.9 Å². The lowest BCUT2D eigenvalue weighted by Crippen LogP contribution is -2.54. The number of nitrogens with one attached hydrogen (secondary N) is 2. The molecule has 0 heterocycles. The molecule has 3 amide bonds. The third kappa shape index (κ3) is 11.6. The van der Waals surface area contributed by atoms with Crippen LogP contribution in [0.5, 0.6) is 11.5 Å². The Hall–Kier alpha value is -3.75. The summed E-state index contributed by atoms with van der Waals surface area (Å²) in [5, 5.41) is 25.5. The molecule has 0 bridgehead atoms. The summed E-state index contributed by atoms with van der Waals surface area (Å²) in [6, 6.07) is 10.6. The smallest absolute Gasteiger partial charge is 0.408 e. The van der Waals surface area contributed by atoms with Crippen LogP contribution in [0.15, 0.2) is 48.5 Å². The molecule has 2 aromatic carbocycles. The molecular weight excluding hydrogens is 534 g/mol. The average molecular weight is 584 g/mol. The molecule has 0 fully saturated rings. The van der Waals surface area contributed by atoms with Crippen molar-refractivity contribution in [2.75, 3.05) is 6.54 Å². The van der Waals surface area contributed by atoms with E-state index in [0.29, 0.717) is 18.5 Å². The minimum Gasteiger partial charge on any atom is -0.508 e. The van der Waals surface area contributed by atoms with Gasteiger partial charge in [-0.3, -0.25) is 9.59 Å². The molecule has 0 radical (unpaired) electrons. The highest BCUT2D eigenvalue weighted by Gasteiger charge is 2.36. The van der Waals surface area contributed by atoms with Crippen LogP contribution < -0.4 is 10.6 Å². The second-order valence-corrected chi connectivity index (χ2v) is 11.9. The number of carbonyl (C=O) groups is 3. The zero-order valence-corrected chi connectivity index (χ0v) is 26.0. The monoisotopic (exact) mass is 583 g/mol. The van der Waals surface area contributed by atoms with Gasteiger partial charge in [-0.25, -0.2) is 4.79 Å². The van der Waals surface area contributed by atoms with E-state index >= 15 is 0 Å². The van der Waals surface area contributed by atoms with E-state index < -0.39 is 29.7 Å². The number of unbranched alkanes of at least 4 members (excludes halogenated alkanes) is 3. The molecule has 0 aliphatic rings. The van der Waals surface area contributed by atoms with Crippen molar-refractivity contribution in [3.63, 3.8) is 0 Å². The maximum atomic E-state index is 14.5. The van der Waals surface area contributed by atoms with Crippen LogP contribution in [0.4, 0.5) is 4.79 Å². The van der Waals surface area contributed by atoms with Gasteiger partial charge in [0.2, 0.25) is 11.8 Å². The first-order chi connectivity index (χ1) is 19.8. The number of ether oxygens (including phenoxy) is 1. The first-order valence-corrected chi connectivity index (χ1v) is 15.0. The van der Waals surface area contributed by atoms with Crippen LogP contribution in [0, 0.1) is 0 Å². The number of phenols is 2. The van der Waals surface area contributed by atoms with E-state index in [-0.39, 0.29) is 29.9 Å². The Balaban J connectivity index is 2.56. The number of phenolic OH excluding ortho intramolecular Hbond substituents is 2. The van der Waals surface area contributed by atoms with Gasteiger partial charge < -0.3 is 30.5 Å². The Labute approximate surface area is 250 Å². The molecule has 9 nitrogen and oxygen atoms in total. The molecule has 2 aromatic rings. The van der Waals surface area contributed by atoms with E-state index in [1.165, 1.54) is 24.3 Å². The molecule has 0 saturated heterocycles. The van der Waals surface area contributed by atoms with Gasteiger partial charge in [0.05, 0.1) is 0 Å². The van der Waals surface area contributed by atoms with Gasteiger partial charge in [0.15, 0.2) is 0 Å². The largest absolute Gasteiger partial charge is 0.508 e. The summed E-state index contributed by atoms with van der Waals surface area (Å²) in [6.45, 7) is 11.6. The van der Waals surface area contributed by atoms with Gasteiger partial charge in [0.25, 0.3) is 0 Å². The van der Waals surface area contributed by atoms with Gasteiger partial charge >= 0.3 is 6.09 Å². The molecule has 3 unspecified atom stereocenters. The van der Waals surface area contributed by atoms with Crippen LogP contribution in [-0.4, -0.2) is 57.3 Å². The van der Waals surface area contributed by atoms with Gasteiger partial charge in [-0.05, 0) is 75.9 Å². The van der Waals surface area contributed by atoms with Crippen molar-refractivity contribution in [3.05, 3.63) is 59.7 Å². The molecule has 0 aliphatic heterocycles. The zero-order chi connectivity index (χ0) is 31.3. The summed E-state index contributed by atoms with van der Waals surface area (Å²) < 4.78 is 5.49. The third-order valence-corrected chi connectivity index (χ3v) is 6.78. The molecule has 9 heteroatoms. The fourth-order valence-corrected chi connectivity index (χ4v) is 4.75. The topological polar surface area (TPSA) is 128 Å². The number of alkyl carbamates (subject to hydrolysis) is 1. The average Bonchev–Trinajstić information content (AvgIpc) is 2.90. The lowest BCUT2D eigenvalue weighted by molar-refractivity contribution is -0.142. The second kappa shape index (κ2) is 16.6. The van der Waals surface area contributed by atoms with Crippen molar-refractivity contribution < 1.29 is 29.3 Å². The number of hydrogen-bond acceptors (Lipinski definition) is 6. The molecular formula is C33H49N3O6. The highest BCUT2D eigenvalue weighted by Crippen LogP contribution is 2.26. The SMILES string of the molecule is CCCCCCN(C(=O)C(Cc1ccc(O)cc1)NC(=O)OC(C)(C)C)C(C(=O)NC(C)CCC)c1ccc(O)cc1. The maximum absolute atomic E-state index is 14.5. The van der Waals surface area contributed by atoms with E-state index in [0.717, 1.165) is 37.7 Å². The van der Waals surface area contributed by atoms with Crippen LogP contribution in [0.2, 0.25) is 0 Å². The maximum Gasteiger partial charge on any atom is 0.408 e. The van der Waals surface area contributed by atoms with Crippen molar-refractivity contribution in [1.29, 1.82) is 0 Å². The molecule has 4 N–H and O–H groups in total. The summed E-state index contributed by atoms with van der Waals surface area (Å²) >= 11 is 0. The molecule has 0 aromatic heterocycles. The Morgan fingerprint density at radius 3 is 2.00 bits per heavy atom. The first kappa shape index (κ1) is 34.5. The molecule has 0 spiro atoms. The Kier molecular flexibility index (Phi) is 13.6.